The summed E-state index contributed by atoms with van der Waals surface area (Å²) in [7, 11) is 1.70. The topological polar surface area (TPSA) is 53.6 Å². The largest absolute Gasteiger partial charge is 0.385 e. The van der Waals surface area contributed by atoms with E-state index in [4.69, 9.17) is 4.74 Å². The highest BCUT2D eigenvalue weighted by Crippen LogP contribution is 2.17. The van der Waals surface area contributed by atoms with Crippen LogP contribution in [0.1, 0.15) is 39.5 Å². The zero-order valence-corrected chi connectivity index (χ0v) is 13.3. The molecule has 2 N–H and O–H groups in total. The third kappa shape index (κ3) is 7.10. The first-order chi connectivity index (χ1) is 9.63. The van der Waals surface area contributed by atoms with E-state index in [9.17, 15) is 4.79 Å². The molecule has 1 atom stereocenters. The number of methoxy groups -OCH3 is 1. The number of likely N-dealkylation sites (tertiary alicyclic amines) is 1. The first-order valence-corrected chi connectivity index (χ1v) is 7.88. The Bertz CT molecular complexity index is 266. The van der Waals surface area contributed by atoms with E-state index in [2.05, 4.69) is 29.4 Å². The summed E-state index contributed by atoms with van der Waals surface area (Å²) < 4.78 is 4.97. The number of nitrogens with zero attached hydrogens (tertiary/aromatic N) is 1. The van der Waals surface area contributed by atoms with Gasteiger partial charge in [-0.05, 0) is 51.6 Å². The molecule has 0 aromatic heterocycles. The molecule has 1 aliphatic rings. The lowest BCUT2D eigenvalue weighted by molar-refractivity contribution is 0.145. The second-order valence-electron chi connectivity index (χ2n) is 5.90. The zero-order chi connectivity index (χ0) is 14.8. The second-order valence-corrected chi connectivity index (χ2v) is 5.90. The van der Waals surface area contributed by atoms with Crippen molar-refractivity contribution in [2.24, 2.45) is 5.92 Å². The Hall–Kier alpha value is -0.810. The van der Waals surface area contributed by atoms with Crippen molar-refractivity contribution in [2.75, 3.05) is 39.9 Å². The Morgan fingerprint density at radius 2 is 2.00 bits per heavy atom. The maximum atomic E-state index is 11.6. The van der Waals surface area contributed by atoms with Crippen molar-refractivity contribution in [3.63, 3.8) is 0 Å². The van der Waals surface area contributed by atoms with Gasteiger partial charge in [-0.25, -0.2) is 4.79 Å². The first-order valence-electron chi connectivity index (χ1n) is 7.88. The third-order valence-electron chi connectivity index (χ3n) is 4.06. The molecule has 0 aromatic carbocycles. The molecule has 0 bridgehead atoms. The van der Waals surface area contributed by atoms with Crippen LogP contribution in [0.4, 0.5) is 4.79 Å². The molecular formula is C15H31N3O2. The smallest absolute Gasteiger partial charge is 0.314 e. The van der Waals surface area contributed by atoms with Crippen LogP contribution in [-0.4, -0.2) is 56.9 Å². The molecule has 1 aliphatic heterocycles. The number of rotatable bonds is 8. The van der Waals surface area contributed by atoms with Gasteiger partial charge in [0.05, 0.1) is 0 Å². The molecule has 20 heavy (non-hydrogen) atoms. The molecule has 1 fully saturated rings. The van der Waals surface area contributed by atoms with Crippen molar-refractivity contribution >= 4 is 6.03 Å². The maximum absolute atomic E-state index is 11.6. The van der Waals surface area contributed by atoms with Gasteiger partial charge in [0.2, 0.25) is 0 Å². The first kappa shape index (κ1) is 17.2. The summed E-state index contributed by atoms with van der Waals surface area (Å²) in [6.07, 6.45) is 4.49. The van der Waals surface area contributed by atoms with Gasteiger partial charge in [0, 0.05) is 32.8 Å². The molecule has 1 saturated heterocycles. The SMILES string of the molecule is COCCCCNC(=O)NCC(C)N1CCC(C)CC1. The fourth-order valence-electron chi connectivity index (χ4n) is 2.47. The fourth-order valence-corrected chi connectivity index (χ4v) is 2.47. The van der Waals surface area contributed by atoms with Crippen LogP contribution in [0.15, 0.2) is 0 Å². The van der Waals surface area contributed by atoms with Gasteiger partial charge in [-0.2, -0.15) is 0 Å². The summed E-state index contributed by atoms with van der Waals surface area (Å²) in [5, 5.41) is 5.84. The predicted molar refractivity (Wildman–Crippen MR) is 81.9 cm³/mol. The Labute approximate surface area is 123 Å². The molecule has 0 radical (unpaired) electrons. The highest BCUT2D eigenvalue weighted by Gasteiger charge is 2.20. The highest BCUT2D eigenvalue weighted by molar-refractivity contribution is 5.73. The highest BCUT2D eigenvalue weighted by atomic mass is 16.5. The van der Waals surface area contributed by atoms with Crippen LogP contribution >= 0.6 is 0 Å². The van der Waals surface area contributed by atoms with Crippen molar-refractivity contribution in [3.8, 4) is 0 Å². The number of carbonyl (C=O) groups is 1. The Balaban J connectivity index is 2.05. The molecule has 5 heteroatoms. The zero-order valence-electron chi connectivity index (χ0n) is 13.3. The molecule has 0 saturated carbocycles. The van der Waals surface area contributed by atoms with Gasteiger partial charge in [0.1, 0.15) is 0 Å². The number of nitrogens with one attached hydrogen (secondary N) is 2. The number of urea groups is 1. The van der Waals surface area contributed by atoms with E-state index >= 15 is 0 Å². The standard InChI is InChI=1S/C15H31N3O2/c1-13-6-9-18(10-7-13)14(2)12-17-15(19)16-8-4-5-11-20-3/h13-14H,4-12H2,1-3H3,(H2,16,17,19). The Morgan fingerprint density at radius 1 is 1.30 bits per heavy atom. The molecule has 1 unspecified atom stereocenters. The summed E-state index contributed by atoms with van der Waals surface area (Å²) in [6, 6.07) is 0.362. The minimum atomic E-state index is -0.0559. The van der Waals surface area contributed by atoms with Crippen molar-refractivity contribution in [1.29, 1.82) is 0 Å². The molecule has 2 amide bonds. The monoisotopic (exact) mass is 285 g/mol. The summed E-state index contributed by atoms with van der Waals surface area (Å²) in [6.45, 7) is 9.01. The quantitative estimate of drug-likeness (QED) is 0.669. The van der Waals surface area contributed by atoms with Crippen LogP contribution in [0.2, 0.25) is 0 Å². The number of hydrogen-bond donors (Lipinski definition) is 2. The van der Waals surface area contributed by atoms with E-state index < -0.39 is 0 Å². The van der Waals surface area contributed by atoms with E-state index in [1.54, 1.807) is 7.11 Å². The third-order valence-corrected chi connectivity index (χ3v) is 4.06. The number of amides is 2. The van der Waals surface area contributed by atoms with E-state index in [-0.39, 0.29) is 6.03 Å². The lowest BCUT2D eigenvalue weighted by Crippen LogP contribution is -2.47. The van der Waals surface area contributed by atoms with E-state index in [1.807, 2.05) is 0 Å². The number of carbonyl (C=O) groups excluding carboxylic acids is 1. The molecular weight excluding hydrogens is 254 g/mol. The maximum Gasteiger partial charge on any atom is 0.314 e. The van der Waals surface area contributed by atoms with Crippen LogP contribution in [0.5, 0.6) is 0 Å². The lowest BCUT2D eigenvalue weighted by Gasteiger charge is -2.34. The van der Waals surface area contributed by atoms with Crippen LogP contribution in [0.25, 0.3) is 0 Å². The van der Waals surface area contributed by atoms with Crippen LogP contribution < -0.4 is 10.6 Å². The number of ether oxygens (including phenoxy) is 1. The van der Waals surface area contributed by atoms with Crippen molar-refractivity contribution in [2.45, 2.75) is 45.6 Å². The van der Waals surface area contributed by atoms with Gasteiger partial charge in [0.15, 0.2) is 0 Å². The molecule has 1 heterocycles. The van der Waals surface area contributed by atoms with Crippen molar-refractivity contribution in [1.82, 2.24) is 15.5 Å². The molecule has 0 aromatic rings. The second kappa shape index (κ2) is 10.00. The van der Waals surface area contributed by atoms with Gasteiger partial charge in [0.25, 0.3) is 0 Å². The van der Waals surface area contributed by atoms with Gasteiger partial charge in [-0.15, -0.1) is 0 Å². The van der Waals surface area contributed by atoms with Crippen molar-refractivity contribution in [3.05, 3.63) is 0 Å². The van der Waals surface area contributed by atoms with Gasteiger partial charge >= 0.3 is 6.03 Å². The van der Waals surface area contributed by atoms with E-state index in [0.717, 1.165) is 45.0 Å². The molecule has 118 valence electrons. The molecule has 1 rings (SSSR count). The predicted octanol–water partition coefficient (Wildman–Crippen LogP) is 1.83. The summed E-state index contributed by atoms with van der Waals surface area (Å²) in [4.78, 5) is 14.1. The number of piperidine rings is 1. The number of hydrogen-bond acceptors (Lipinski definition) is 3. The average molecular weight is 285 g/mol. The summed E-state index contributed by atoms with van der Waals surface area (Å²) >= 11 is 0. The summed E-state index contributed by atoms with van der Waals surface area (Å²) in [5.74, 6) is 0.849. The van der Waals surface area contributed by atoms with Crippen LogP contribution in [-0.2, 0) is 4.74 Å². The van der Waals surface area contributed by atoms with Gasteiger partial charge in [-0.1, -0.05) is 6.92 Å². The van der Waals surface area contributed by atoms with Gasteiger partial charge < -0.3 is 15.4 Å². The Morgan fingerprint density at radius 3 is 2.65 bits per heavy atom. The van der Waals surface area contributed by atoms with Crippen LogP contribution in [0, 0.1) is 5.92 Å². The molecule has 0 spiro atoms. The molecule has 0 aliphatic carbocycles. The van der Waals surface area contributed by atoms with Crippen molar-refractivity contribution < 1.29 is 9.53 Å². The van der Waals surface area contributed by atoms with Crippen LogP contribution in [0.3, 0.4) is 0 Å². The lowest BCUT2D eigenvalue weighted by atomic mass is 9.98. The fraction of sp³-hybridized carbons (Fsp3) is 0.933. The normalized spacial score (nSPS) is 18.8. The van der Waals surface area contributed by atoms with E-state index in [0.29, 0.717) is 12.6 Å². The summed E-state index contributed by atoms with van der Waals surface area (Å²) in [5.41, 5.74) is 0. The van der Waals surface area contributed by atoms with Gasteiger partial charge in [-0.3, -0.25) is 4.90 Å². The minimum Gasteiger partial charge on any atom is -0.385 e. The minimum absolute atomic E-state index is 0.0559. The van der Waals surface area contributed by atoms with E-state index in [1.165, 1.54) is 12.8 Å². The molecule has 5 nitrogen and oxygen atoms in total. The Kier molecular flexibility index (Phi) is 8.62. The number of unbranched alkanes of at least 4 members (excludes halogenated alkanes) is 1. The average Bonchev–Trinajstić information content (AvgIpc) is 2.45.